The van der Waals surface area contributed by atoms with Gasteiger partial charge in [0.05, 0.1) is 17.2 Å². The SMILES string of the molecule is CC(C)[C@@H]1CC[C@@H](C)C[C@H]1OC12C[C@@H](c3ccccc3)C3CCC1C32N1CCCC1. The molecule has 30 heavy (non-hydrogen) atoms. The first-order valence-electron chi connectivity index (χ1n) is 13.1. The molecule has 1 aromatic carbocycles. The molecule has 2 heteroatoms. The molecule has 5 aliphatic rings. The number of ether oxygens (including phenoxy) is 1. The molecule has 4 saturated carbocycles. The standard InChI is InChI=1S/C28H41NO/c1-19(2)22-12-11-20(3)17-25(22)30-27-18-23(21-9-5-4-6-10-21)24-13-14-26(27)28(24,27)29-15-7-8-16-29/h4-6,9-10,19-20,22-26H,7-8,11-18H2,1-3H3/t20-,22+,23+,24?,25-,26?,27?,28?/m1/s1. The zero-order valence-electron chi connectivity index (χ0n) is 19.4. The molecule has 4 unspecified atom stereocenters. The number of benzene rings is 1. The molecule has 5 fully saturated rings. The number of hydrogen-bond donors (Lipinski definition) is 0. The van der Waals surface area contributed by atoms with E-state index >= 15 is 0 Å². The van der Waals surface area contributed by atoms with Gasteiger partial charge in [0.25, 0.3) is 0 Å². The molecule has 1 heterocycles. The Morgan fingerprint density at radius 3 is 2.50 bits per heavy atom. The van der Waals surface area contributed by atoms with Gasteiger partial charge < -0.3 is 4.74 Å². The second-order valence-corrected chi connectivity index (χ2v) is 11.8. The Morgan fingerprint density at radius 2 is 1.77 bits per heavy atom. The van der Waals surface area contributed by atoms with Gasteiger partial charge in [0.1, 0.15) is 0 Å². The third-order valence-electron chi connectivity index (χ3n) is 10.2. The summed E-state index contributed by atoms with van der Waals surface area (Å²) in [5, 5.41) is 0. The lowest BCUT2D eigenvalue weighted by atomic mass is 9.75. The molecule has 0 amide bonds. The molecule has 0 radical (unpaired) electrons. The van der Waals surface area contributed by atoms with Crippen molar-refractivity contribution >= 4 is 0 Å². The molecular weight excluding hydrogens is 366 g/mol. The van der Waals surface area contributed by atoms with E-state index in [0.29, 0.717) is 17.6 Å². The highest BCUT2D eigenvalue weighted by Gasteiger charge is 2.89. The predicted molar refractivity (Wildman–Crippen MR) is 122 cm³/mol. The van der Waals surface area contributed by atoms with Crippen LogP contribution in [0.25, 0.3) is 0 Å². The van der Waals surface area contributed by atoms with Crippen molar-refractivity contribution in [1.82, 2.24) is 4.90 Å². The van der Waals surface area contributed by atoms with Crippen LogP contribution in [0.5, 0.6) is 0 Å². The van der Waals surface area contributed by atoms with Crippen molar-refractivity contribution in [2.75, 3.05) is 13.1 Å². The lowest BCUT2D eigenvalue weighted by Crippen LogP contribution is -2.47. The van der Waals surface area contributed by atoms with E-state index in [1.165, 1.54) is 64.5 Å². The van der Waals surface area contributed by atoms with Gasteiger partial charge in [-0.1, -0.05) is 57.5 Å². The van der Waals surface area contributed by atoms with Crippen molar-refractivity contribution in [3.63, 3.8) is 0 Å². The fourth-order valence-electron chi connectivity index (χ4n) is 9.08. The summed E-state index contributed by atoms with van der Waals surface area (Å²) in [4.78, 5) is 2.94. The van der Waals surface area contributed by atoms with Gasteiger partial charge in [-0.15, -0.1) is 0 Å². The molecule has 8 atom stereocenters. The molecule has 1 saturated heterocycles. The number of fused-ring (bicyclic) bond motifs is 1. The first-order chi connectivity index (χ1) is 14.6. The molecule has 1 aliphatic heterocycles. The van der Waals surface area contributed by atoms with Gasteiger partial charge in [-0.3, -0.25) is 4.90 Å². The molecular formula is C28H41NO. The predicted octanol–water partition coefficient (Wildman–Crippen LogP) is 6.26. The number of rotatable bonds is 5. The Hall–Kier alpha value is -0.860. The minimum atomic E-state index is 0.148. The normalized spacial score (nSPS) is 47.7. The van der Waals surface area contributed by atoms with Gasteiger partial charge in [0.15, 0.2) is 0 Å². The summed E-state index contributed by atoms with van der Waals surface area (Å²) in [6, 6.07) is 11.5. The fraction of sp³-hybridized carbons (Fsp3) is 0.786. The largest absolute Gasteiger partial charge is 0.369 e. The summed E-state index contributed by atoms with van der Waals surface area (Å²) in [6.07, 6.45) is 11.4. The Balaban J connectivity index is 1.36. The molecule has 6 rings (SSSR count). The second kappa shape index (κ2) is 7.07. The van der Waals surface area contributed by atoms with Gasteiger partial charge in [-0.05, 0) is 93.2 Å². The highest BCUT2D eigenvalue weighted by atomic mass is 16.5. The van der Waals surface area contributed by atoms with E-state index < -0.39 is 0 Å². The van der Waals surface area contributed by atoms with Crippen LogP contribution in [0.3, 0.4) is 0 Å². The molecule has 0 aromatic heterocycles. The van der Waals surface area contributed by atoms with E-state index in [4.69, 9.17) is 4.74 Å². The second-order valence-electron chi connectivity index (χ2n) is 11.8. The van der Waals surface area contributed by atoms with Crippen LogP contribution < -0.4 is 0 Å². The van der Waals surface area contributed by atoms with Crippen molar-refractivity contribution < 1.29 is 4.74 Å². The van der Waals surface area contributed by atoms with E-state index in [0.717, 1.165) is 29.6 Å². The summed E-state index contributed by atoms with van der Waals surface area (Å²) in [5.74, 6) is 4.62. The third kappa shape index (κ3) is 2.56. The molecule has 0 N–H and O–H groups in total. The molecule has 0 bridgehead atoms. The van der Waals surface area contributed by atoms with Crippen molar-refractivity contribution in [3.8, 4) is 0 Å². The third-order valence-corrected chi connectivity index (χ3v) is 10.2. The van der Waals surface area contributed by atoms with Gasteiger partial charge in [0.2, 0.25) is 0 Å². The molecule has 0 spiro atoms. The highest BCUT2D eigenvalue weighted by molar-refractivity contribution is 5.46. The van der Waals surface area contributed by atoms with E-state index in [1.807, 2.05) is 0 Å². The van der Waals surface area contributed by atoms with Crippen LogP contribution in [-0.2, 0) is 4.74 Å². The quantitative estimate of drug-likeness (QED) is 0.571. The highest BCUT2D eigenvalue weighted by Crippen LogP contribution is 2.81. The monoisotopic (exact) mass is 407 g/mol. The Morgan fingerprint density at radius 1 is 1.00 bits per heavy atom. The van der Waals surface area contributed by atoms with Crippen LogP contribution in [0.4, 0.5) is 0 Å². The van der Waals surface area contributed by atoms with Crippen LogP contribution >= 0.6 is 0 Å². The van der Waals surface area contributed by atoms with E-state index in [1.54, 1.807) is 5.56 Å². The molecule has 2 nitrogen and oxygen atoms in total. The number of likely N-dealkylation sites (tertiary alicyclic amines) is 1. The van der Waals surface area contributed by atoms with Crippen LogP contribution in [0.15, 0.2) is 30.3 Å². The topological polar surface area (TPSA) is 12.5 Å². The van der Waals surface area contributed by atoms with E-state index in [2.05, 4.69) is 56.0 Å². The lowest BCUT2D eigenvalue weighted by molar-refractivity contribution is -0.115. The van der Waals surface area contributed by atoms with Crippen molar-refractivity contribution in [3.05, 3.63) is 35.9 Å². The average molecular weight is 408 g/mol. The Kier molecular flexibility index (Phi) is 4.67. The minimum Gasteiger partial charge on any atom is -0.369 e. The van der Waals surface area contributed by atoms with Crippen molar-refractivity contribution in [2.24, 2.45) is 29.6 Å². The Labute approximate surface area is 183 Å². The number of hydrogen-bond acceptors (Lipinski definition) is 2. The van der Waals surface area contributed by atoms with Crippen LogP contribution in [0.1, 0.15) is 83.6 Å². The fourth-order valence-corrected chi connectivity index (χ4v) is 9.08. The van der Waals surface area contributed by atoms with Gasteiger partial charge in [-0.2, -0.15) is 0 Å². The van der Waals surface area contributed by atoms with Gasteiger partial charge >= 0.3 is 0 Å². The average Bonchev–Trinajstić information content (AvgIpc) is 3.20. The Bertz CT molecular complexity index is 770. The van der Waals surface area contributed by atoms with E-state index in [-0.39, 0.29) is 5.60 Å². The first kappa shape index (κ1) is 19.8. The summed E-state index contributed by atoms with van der Waals surface area (Å²) in [7, 11) is 0. The summed E-state index contributed by atoms with van der Waals surface area (Å²) < 4.78 is 7.52. The summed E-state index contributed by atoms with van der Waals surface area (Å²) in [5.41, 5.74) is 2.09. The first-order valence-corrected chi connectivity index (χ1v) is 13.1. The molecule has 164 valence electrons. The molecule has 4 aliphatic carbocycles. The zero-order valence-corrected chi connectivity index (χ0v) is 19.4. The van der Waals surface area contributed by atoms with E-state index in [9.17, 15) is 0 Å². The smallest absolute Gasteiger partial charge is 0.0928 e. The van der Waals surface area contributed by atoms with Gasteiger partial charge in [-0.25, -0.2) is 0 Å². The lowest BCUT2D eigenvalue weighted by Gasteiger charge is -2.41. The van der Waals surface area contributed by atoms with Crippen LogP contribution in [0.2, 0.25) is 0 Å². The minimum absolute atomic E-state index is 0.148. The van der Waals surface area contributed by atoms with Crippen LogP contribution in [-0.4, -0.2) is 35.2 Å². The summed E-state index contributed by atoms with van der Waals surface area (Å²) in [6.45, 7) is 9.95. The van der Waals surface area contributed by atoms with Gasteiger partial charge in [0, 0.05) is 5.92 Å². The number of nitrogens with zero attached hydrogens (tertiary/aromatic N) is 1. The summed E-state index contributed by atoms with van der Waals surface area (Å²) >= 11 is 0. The maximum atomic E-state index is 7.52. The van der Waals surface area contributed by atoms with Crippen molar-refractivity contribution in [1.29, 1.82) is 0 Å². The maximum absolute atomic E-state index is 7.52. The molecule has 1 aromatic rings. The van der Waals surface area contributed by atoms with Crippen molar-refractivity contribution in [2.45, 2.75) is 95.3 Å². The van der Waals surface area contributed by atoms with Crippen LogP contribution in [0, 0.1) is 29.6 Å². The zero-order chi connectivity index (χ0) is 20.5. The maximum Gasteiger partial charge on any atom is 0.0928 e.